The maximum atomic E-state index is 14.3. The number of ether oxygens (including phenoxy) is 1. The number of hydrogen-bond acceptors (Lipinski definition) is 14. The van der Waals surface area contributed by atoms with E-state index in [-0.39, 0.29) is 50.8 Å². The molecule has 14 N–H and O–H groups in total. The van der Waals surface area contributed by atoms with Gasteiger partial charge in [-0.2, -0.15) is 8.42 Å². The van der Waals surface area contributed by atoms with E-state index in [0.717, 1.165) is 0 Å². The topological polar surface area (TPSA) is 399 Å². The van der Waals surface area contributed by atoms with Crippen LogP contribution >= 0.6 is 0 Å². The maximum absolute atomic E-state index is 14.3. The summed E-state index contributed by atoms with van der Waals surface area (Å²) >= 11 is 0. The van der Waals surface area contributed by atoms with Gasteiger partial charge in [0.15, 0.2) is 0 Å². The summed E-state index contributed by atoms with van der Waals surface area (Å²) in [6.07, 6.45) is 0.524. The van der Waals surface area contributed by atoms with Crippen molar-refractivity contribution in [1.29, 1.82) is 0 Å². The molecule has 0 aliphatic carbocycles. The Bertz CT molecular complexity index is 2800. The average Bonchev–Trinajstić information content (AvgIpc) is 3.77. The lowest BCUT2D eigenvalue weighted by Gasteiger charge is -2.26. The molecule has 418 valence electrons. The highest BCUT2D eigenvalue weighted by molar-refractivity contribution is 7.81. The Balaban J connectivity index is 1.53. The summed E-state index contributed by atoms with van der Waals surface area (Å²) in [6, 6.07) is 12.3. The van der Waals surface area contributed by atoms with Gasteiger partial charge in [-0.15, -0.1) is 0 Å². The van der Waals surface area contributed by atoms with Crippen LogP contribution in [0.2, 0.25) is 0 Å². The van der Waals surface area contributed by atoms with E-state index in [1.165, 1.54) is 24.3 Å². The first-order chi connectivity index (χ1) is 36.3. The van der Waals surface area contributed by atoms with E-state index in [1.807, 2.05) is 6.92 Å². The highest BCUT2D eigenvalue weighted by Crippen LogP contribution is 2.20. The van der Waals surface area contributed by atoms with Crippen molar-refractivity contribution in [3.63, 3.8) is 0 Å². The first-order valence-corrected chi connectivity index (χ1v) is 26.0. The number of nitrogens with two attached hydrogens (primary N) is 2. The minimum absolute atomic E-state index is 0.0365. The molecule has 77 heavy (non-hydrogen) atoms. The van der Waals surface area contributed by atoms with Crippen molar-refractivity contribution in [1.82, 2.24) is 42.2 Å². The van der Waals surface area contributed by atoms with Crippen LogP contribution in [0.1, 0.15) is 82.9 Å². The number of amides is 8. The van der Waals surface area contributed by atoms with Gasteiger partial charge in [-0.3, -0.25) is 42.9 Å². The number of unbranched alkanes of at least 4 members (excludes halogenated alkanes) is 1. The number of hydrogen-bond donors (Lipinski definition) is 12. The second kappa shape index (κ2) is 29.3. The molecule has 6 atom stereocenters. The number of aromatic nitrogens is 1. The van der Waals surface area contributed by atoms with Gasteiger partial charge in [-0.05, 0) is 81.5 Å². The number of benzene rings is 3. The fourth-order valence-corrected chi connectivity index (χ4v) is 8.13. The van der Waals surface area contributed by atoms with Crippen molar-refractivity contribution < 1.29 is 70.1 Å². The maximum Gasteiger partial charge on any atom is 0.446 e. The molecular weight excluding hydrogens is 1020 g/mol. The Morgan fingerprint density at radius 2 is 1.18 bits per heavy atom. The lowest BCUT2D eigenvalue weighted by Crippen LogP contribution is -2.59. The van der Waals surface area contributed by atoms with Crippen LogP contribution in [0.4, 0.5) is 4.79 Å². The summed E-state index contributed by atoms with van der Waals surface area (Å²) in [5.41, 5.74) is 12.7. The standard InChI is InChI=1S/C51H68N10O15S/c1-5-6-16-36(57-47(68)39(61-50(71)75-51(2,3)4)25-31-19-21-33(22-20-31)76-77(72,73)74)45(66)55-29-42(62)56-40(26-32-28-54-35-17-11-10-15-34(32)35)48(69)58-37(18-12-23-52)46(67)60-41(27-43(63)64)49(70)59-38(44(53)65)24-30-13-8-7-9-14-30/h7-11,13-15,17,19-22,28,36-41,54H,5-6,12,16,18,23-27,29,52H2,1-4H3,(H2,53,65)(H,55,66)(H,56,62)(H,57,68)(H,58,69)(H,59,70)(H,60,67)(H,61,71)(H,63,64)(H,72,73,74)/t36-,37+,38-,39-,40-,41-/m0/s1. The lowest BCUT2D eigenvalue weighted by molar-refractivity contribution is -0.141. The third kappa shape index (κ3) is 21.6. The molecular formula is C51H68N10O15S. The number of carboxylic acid groups (broad SMARTS) is 1. The number of carbonyl (C=O) groups excluding carboxylic acids is 8. The summed E-state index contributed by atoms with van der Waals surface area (Å²) in [5, 5.41) is 28.0. The number of H-pyrrole nitrogens is 1. The van der Waals surface area contributed by atoms with E-state index in [1.54, 1.807) is 81.6 Å². The van der Waals surface area contributed by atoms with Gasteiger partial charge in [0.05, 0.1) is 13.0 Å². The van der Waals surface area contributed by atoms with Crippen molar-refractivity contribution in [2.24, 2.45) is 11.5 Å². The third-order valence-electron chi connectivity index (χ3n) is 11.5. The predicted molar refractivity (Wildman–Crippen MR) is 280 cm³/mol. The van der Waals surface area contributed by atoms with Gasteiger partial charge in [0, 0.05) is 36.4 Å². The molecule has 4 aromatic rings. The molecule has 26 heteroatoms. The number of aromatic amines is 1. The average molecular weight is 1090 g/mol. The predicted octanol–water partition coefficient (Wildman–Crippen LogP) is 0.700. The van der Waals surface area contributed by atoms with E-state index in [9.17, 15) is 56.7 Å². The van der Waals surface area contributed by atoms with E-state index in [0.29, 0.717) is 40.4 Å². The number of nitrogens with one attached hydrogen (secondary N) is 8. The van der Waals surface area contributed by atoms with Crippen LogP contribution in [0.5, 0.6) is 5.75 Å². The number of para-hydroxylation sites is 1. The monoisotopic (exact) mass is 1090 g/mol. The first-order valence-electron chi connectivity index (χ1n) is 24.7. The molecule has 25 nitrogen and oxygen atoms in total. The molecule has 0 aliphatic rings. The zero-order chi connectivity index (χ0) is 56.9. The van der Waals surface area contributed by atoms with E-state index >= 15 is 0 Å². The molecule has 0 radical (unpaired) electrons. The molecule has 3 aromatic carbocycles. The van der Waals surface area contributed by atoms with Crippen LogP contribution in [0.3, 0.4) is 0 Å². The van der Waals surface area contributed by atoms with Gasteiger partial charge in [0.1, 0.15) is 47.6 Å². The minimum atomic E-state index is -4.83. The van der Waals surface area contributed by atoms with E-state index in [4.69, 9.17) is 20.8 Å². The molecule has 8 amide bonds. The fraction of sp³-hybridized carbons (Fsp3) is 0.431. The van der Waals surface area contributed by atoms with Crippen molar-refractivity contribution in [2.75, 3.05) is 13.1 Å². The van der Waals surface area contributed by atoms with Crippen LogP contribution in [-0.2, 0) is 72.8 Å². The van der Waals surface area contributed by atoms with Crippen LogP contribution in [0, 0.1) is 0 Å². The second-order valence-electron chi connectivity index (χ2n) is 19.0. The smallest absolute Gasteiger partial charge is 0.446 e. The molecule has 0 saturated heterocycles. The summed E-state index contributed by atoms with van der Waals surface area (Å²) < 4.78 is 41.2. The Morgan fingerprint density at radius 1 is 0.649 bits per heavy atom. The number of fused-ring (bicyclic) bond motifs is 1. The molecule has 1 aromatic heterocycles. The van der Waals surface area contributed by atoms with Crippen LogP contribution in [0.15, 0.2) is 85.1 Å². The molecule has 1 heterocycles. The minimum Gasteiger partial charge on any atom is -0.481 e. The highest BCUT2D eigenvalue weighted by atomic mass is 32.3. The van der Waals surface area contributed by atoms with E-state index < -0.39 is 119 Å². The zero-order valence-corrected chi connectivity index (χ0v) is 43.9. The SMILES string of the molecule is CCCC[C@H](NC(=O)[C@H](Cc1ccc(OS(=O)(=O)O)cc1)NC(=O)OC(C)(C)C)C(=O)NCC(=O)N[C@@H](Cc1c[nH]c2ccccc12)C(=O)N[C@H](CCCN)C(=O)N[C@@H](CC(=O)O)C(=O)N[C@@H](Cc1ccccc1)C(N)=O. The molecule has 0 aliphatic heterocycles. The number of aliphatic carboxylic acids is 1. The molecule has 0 bridgehead atoms. The van der Waals surface area contributed by atoms with Crippen LogP contribution < -0.4 is 52.9 Å². The quantitative estimate of drug-likeness (QED) is 0.0320. The largest absolute Gasteiger partial charge is 0.481 e. The molecule has 4 rings (SSSR count). The Hall–Kier alpha value is -8.10. The Kier molecular flexibility index (Phi) is 23.4. The van der Waals surface area contributed by atoms with Gasteiger partial charge in [-0.1, -0.05) is 80.4 Å². The summed E-state index contributed by atoms with van der Waals surface area (Å²) in [7, 11) is -4.83. The van der Waals surface area contributed by atoms with Gasteiger partial charge in [0.2, 0.25) is 41.4 Å². The summed E-state index contributed by atoms with van der Waals surface area (Å²) in [6.45, 7) is 6.01. The Labute approximate surface area is 445 Å². The first kappa shape index (κ1) is 61.4. The van der Waals surface area contributed by atoms with Crippen molar-refractivity contribution in [2.45, 2.75) is 127 Å². The summed E-state index contributed by atoms with van der Waals surface area (Å²) in [5.74, 6) is -8.04. The number of primary amides is 1. The van der Waals surface area contributed by atoms with Gasteiger partial charge < -0.3 is 67.7 Å². The van der Waals surface area contributed by atoms with Gasteiger partial charge >= 0.3 is 22.5 Å². The van der Waals surface area contributed by atoms with E-state index in [2.05, 4.69) is 46.4 Å². The van der Waals surface area contributed by atoms with Gasteiger partial charge in [0.25, 0.3) is 0 Å². The number of carbonyl (C=O) groups is 9. The Morgan fingerprint density at radius 3 is 1.78 bits per heavy atom. The fourth-order valence-electron chi connectivity index (χ4n) is 7.78. The highest BCUT2D eigenvalue weighted by Gasteiger charge is 2.34. The number of rotatable bonds is 30. The van der Waals surface area contributed by atoms with Crippen molar-refractivity contribution in [3.05, 3.63) is 102 Å². The van der Waals surface area contributed by atoms with Crippen molar-refractivity contribution in [3.8, 4) is 5.75 Å². The number of alkyl carbamates (subject to hydrolysis) is 1. The molecule has 0 unspecified atom stereocenters. The third-order valence-corrected chi connectivity index (χ3v) is 11.9. The molecule has 0 spiro atoms. The number of carboxylic acids is 1. The summed E-state index contributed by atoms with van der Waals surface area (Å²) in [4.78, 5) is 124. The second-order valence-corrected chi connectivity index (χ2v) is 20.0. The normalized spacial score (nSPS) is 13.7. The van der Waals surface area contributed by atoms with Crippen LogP contribution in [0.25, 0.3) is 10.9 Å². The molecule has 0 saturated carbocycles. The van der Waals surface area contributed by atoms with Crippen molar-refractivity contribution >= 4 is 74.7 Å². The van der Waals surface area contributed by atoms with Gasteiger partial charge in [-0.25, -0.2) is 4.79 Å². The van der Waals surface area contributed by atoms with Crippen LogP contribution in [-0.4, -0.2) is 131 Å². The lowest BCUT2D eigenvalue weighted by atomic mass is 10.0. The molecule has 0 fully saturated rings. The zero-order valence-electron chi connectivity index (χ0n) is 43.1.